The molecule has 0 radical (unpaired) electrons. The van der Waals surface area contributed by atoms with Gasteiger partial charge >= 0.3 is 5.97 Å². The number of aryl methyl sites for hydroxylation is 1. The summed E-state index contributed by atoms with van der Waals surface area (Å²) in [5, 5.41) is 11.8. The molecule has 4 aromatic carbocycles. The Balaban J connectivity index is 0.692. The number of nitrogens with zero attached hydrogens (tertiary/aromatic N) is 7. The topological polar surface area (TPSA) is 164 Å². The maximum absolute atomic E-state index is 14.1. The predicted molar refractivity (Wildman–Crippen MR) is 298 cm³/mol. The van der Waals surface area contributed by atoms with Crippen molar-refractivity contribution in [2.75, 3.05) is 54.4 Å². The summed E-state index contributed by atoms with van der Waals surface area (Å²) in [6.07, 6.45) is 8.36. The van der Waals surface area contributed by atoms with Crippen LogP contribution in [0.15, 0.2) is 91.0 Å². The molecule has 1 aliphatic carbocycles. The standard InChI is InChI=1S/C60H67N9O6S/c1-37-42(43-24-26-52(62-55(43)58(73)75-60(2,3)4)69-30-28-39-12-8-14-44(47(39)36-69)56(71)64-59-61-48-15-6-7-17-51(48)76-59)13-9-16-50(37)74-41-21-18-38(19-22-41)11-10-29-67-31-33-68(34-32-67)40-20-23-45-49(35-40)66(5)65-54(45)46-25-27-53(70)63-57(46)72/h6-9,12-17,20,23-24,26,35,38,41,46H,10-11,18-19,21-22,25,27-34,36H2,1-5H3,(H,61,64,71)(H,63,70,72). The Morgan fingerprint density at radius 2 is 1.63 bits per heavy atom. The Morgan fingerprint density at radius 3 is 2.42 bits per heavy atom. The van der Waals surface area contributed by atoms with E-state index in [1.807, 2.05) is 99.2 Å². The second-order valence-electron chi connectivity index (χ2n) is 22.0. The van der Waals surface area contributed by atoms with Crippen molar-refractivity contribution in [3.63, 3.8) is 0 Å². The van der Waals surface area contributed by atoms with Crippen molar-refractivity contribution in [1.29, 1.82) is 0 Å². The number of para-hydroxylation sites is 1. The molecule has 3 amide bonds. The Hall–Kier alpha value is -7.17. The van der Waals surface area contributed by atoms with Crippen molar-refractivity contribution in [1.82, 2.24) is 30.0 Å². The number of amides is 3. The van der Waals surface area contributed by atoms with Gasteiger partial charge in [-0.15, -0.1) is 0 Å². The number of imide groups is 1. The number of pyridine rings is 1. The number of benzene rings is 4. The Kier molecular flexibility index (Phi) is 14.4. The van der Waals surface area contributed by atoms with E-state index in [2.05, 4.69) is 61.5 Å². The minimum atomic E-state index is -0.732. The molecule has 1 unspecified atom stereocenters. The zero-order valence-corrected chi connectivity index (χ0v) is 45.0. The average Bonchev–Trinajstić information content (AvgIpc) is 4.02. The lowest BCUT2D eigenvalue weighted by atomic mass is 9.84. The van der Waals surface area contributed by atoms with E-state index in [0.29, 0.717) is 53.9 Å². The zero-order valence-electron chi connectivity index (χ0n) is 44.2. The number of thiazole rings is 1. The minimum absolute atomic E-state index is 0.119. The summed E-state index contributed by atoms with van der Waals surface area (Å²) < 4.78 is 15.7. The van der Waals surface area contributed by atoms with Gasteiger partial charge in [-0.1, -0.05) is 47.7 Å². The number of hydrogen-bond donors (Lipinski definition) is 2. The van der Waals surface area contributed by atoms with Crippen LogP contribution in [0.25, 0.3) is 32.2 Å². The Bertz CT molecular complexity index is 3310. The van der Waals surface area contributed by atoms with Crippen LogP contribution in [-0.2, 0) is 34.3 Å². The number of rotatable bonds is 13. The SMILES string of the molecule is Cc1c(OC2CCC(CCCN3CCN(c4ccc5c(C6CCC(=O)NC6=O)nn(C)c5c4)CC3)CC2)cccc1-c1ccc(N2CCc3cccc(C(=O)Nc4nc5ccccc5s4)c3C2)nc1C(=O)OC(C)(C)C. The van der Waals surface area contributed by atoms with E-state index in [0.717, 1.165) is 120 Å². The number of fused-ring (bicyclic) bond motifs is 3. The monoisotopic (exact) mass is 1040 g/mol. The summed E-state index contributed by atoms with van der Waals surface area (Å²) >= 11 is 1.45. The molecule has 11 rings (SSSR count). The van der Waals surface area contributed by atoms with Crippen LogP contribution in [0, 0.1) is 12.8 Å². The van der Waals surface area contributed by atoms with Gasteiger partial charge in [-0.05, 0) is 168 Å². The van der Waals surface area contributed by atoms with Crippen LogP contribution >= 0.6 is 11.3 Å². The van der Waals surface area contributed by atoms with E-state index < -0.39 is 17.5 Å². The number of anilines is 3. The van der Waals surface area contributed by atoms with E-state index in [4.69, 9.17) is 19.6 Å². The first kappa shape index (κ1) is 51.0. The molecular formula is C60H67N9O6S. The van der Waals surface area contributed by atoms with Gasteiger partial charge in [0.2, 0.25) is 11.8 Å². The van der Waals surface area contributed by atoms with Crippen molar-refractivity contribution in [3.05, 3.63) is 125 Å². The number of carbonyl (C=O) groups is 4. The maximum Gasteiger partial charge on any atom is 0.358 e. The van der Waals surface area contributed by atoms with Gasteiger partial charge in [0.1, 0.15) is 17.2 Å². The Morgan fingerprint density at radius 1 is 0.829 bits per heavy atom. The fraction of sp³-hybridized carbons (Fsp3) is 0.417. The maximum atomic E-state index is 14.1. The highest BCUT2D eigenvalue weighted by Gasteiger charge is 2.33. The summed E-state index contributed by atoms with van der Waals surface area (Å²) in [4.78, 5) is 69.2. The van der Waals surface area contributed by atoms with Crippen LogP contribution in [0.1, 0.15) is 121 Å². The third-order valence-corrected chi connectivity index (χ3v) is 16.7. The van der Waals surface area contributed by atoms with Gasteiger partial charge in [-0.2, -0.15) is 5.10 Å². The summed E-state index contributed by atoms with van der Waals surface area (Å²) in [5.41, 5.74) is 8.44. The highest BCUT2D eigenvalue weighted by molar-refractivity contribution is 7.22. The average molecular weight is 1040 g/mol. The lowest BCUT2D eigenvalue weighted by Gasteiger charge is -2.36. The smallest absolute Gasteiger partial charge is 0.358 e. The van der Waals surface area contributed by atoms with Gasteiger partial charge in [-0.25, -0.2) is 14.8 Å². The van der Waals surface area contributed by atoms with Crippen LogP contribution in [0.4, 0.5) is 16.6 Å². The molecule has 0 spiro atoms. The molecule has 7 aromatic rings. The molecule has 3 aliphatic heterocycles. The minimum Gasteiger partial charge on any atom is -0.490 e. The number of nitrogens with one attached hydrogen (secondary N) is 2. The molecule has 6 heterocycles. The molecular weight excluding hydrogens is 975 g/mol. The van der Waals surface area contributed by atoms with E-state index in [1.54, 1.807) is 0 Å². The van der Waals surface area contributed by atoms with Crippen molar-refractivity contribution in [2.24, 2.45) is 13.0 Å². The lowest BCUT2D eigenvalue weighted by Crippen LogP contribution is -2.46. The van der Waals surface area contributed by atoms with Gasteiger partial charge in [0, 0.05) is 74.9 Å². The van der Waals surface area contributed by atoms with Gasteiger partial charge in [-0.3, -0.25) is 34.6 Å². The van der Waals surface area contributed by atoms with E-state index >= 15 is 0 Å². The van der Waals surface area contributed by atoms with Gasteiger partial charge in [0.15, 0.2) is 10.8 Å². The first-order valence-electron chi connectivity index (χ1n) is 27.0. The second kappa shape index (κ2) is 21.5. The quantitative estimate of drug-likeness (QED) is 0.0831. The molecule has 1 atom stereocenters. The highest BCUT2D eigenvalue weighted by Crippen LogP contribution is 2.39. The molecule has 394 valence electrons. The number of aromatic nitrogens is 4. The Labute approximate surface area is 448 Å². The summed E-state index contributed by atoms with van der Waals surface area (Å²) in [6, 6.07) is 30.2. The molecule has 4 aliphatic rings. The number of ether oxygens (including phenoxy) is 2. The third kappa shape index (κ3) is 10.9. The largest absolute Gasteiger partial charge is 0.490 e. The third-order valence-electron chi connectivity index (χ3n) is 15.7. The summed E-state index contributed by atoms with van der Waals surface area (Å²) in [5.74, 6) is 0.569. The van der Waals surface area contributed by atoms with Gasteiger partial charge in [0.25, 0.3) is 5.91 Å². The predicted octanol–water partition coefficient (Wildman–Crippen LogP) is 10.4. The number of piperidine rings is 1. The molecule has 3 aromatic heterocycles. The summed E-state index contributed by atoms with van der Waals surface area (Å²) in [6.45, 7) is 13.8. The van der Waals surface area contributed by atoms with Crippen LogP contribution in [0.5, 0.6) is 5.75 Å². The van der Waals surface area contributed by atoms with Gasteiger partial charge in [0.05, 0.1) is 33.4 Å². The molecule has 1 saturated carbocycles. The number of piperazine rings is 1. The zero-order chi connectivity index (χ0) is 52.7. The fourth-order valence-electron chi connectivity index (χ4n) is 11.7. The van der Waals surface area contributed by atoms with Crippen molar-refractivity contribution in [2.45, 2.75) is 110 Å². The molecule has 16 heteroatoms. The lowest BCUT2D eigenvalue weighted by molar-refractivity contribution is -0.134. The van der Waals surface area contributed by atoms with Crippen LogP contribution in [0.2, 0.25) is 0 Å². The highest BCUT2D eigenvalue weighted by atomic mass is 32.1. The number of esters is 1. The van der Waals surface area contributed by atoms with Gasteiger partial charge < -0.3 is 19.3 Å². The van der Waals surface area contributed by atoms with E-state index in [1.165, 1.54) is 29.9 Å². The first-order valence-corrected chi connectivity index (χ1v) is 27.8. The summed E-state index contributed by atoms with van der Waals surface area (Å²) in [7, 11) is 1.92. The number of carbonyl (C=O) groups excluding carboxylic acids is 4. The van der Waals surface area contributed by atoms with E-state index in [9.17, 15) is 19.2 Å². The first-order chi connectivity index (χ1) is 36.7. The fourth-order valence-corrected chi connectivity index (χ4v) is 12.5. The molecule has 2 N–H and O–H groups in total. The molecule has 3 fully saturated rings. The van der Waals surface area contributed by atoms with Crippen molar-refractivity contribution in [3.8, 4) is 16.9 Å². The molecule has 0 bridgehead atoms. The molecule has 15 nitrogen and oxygen atoms in total. The van der Waals surface area contributed by atoms with Crippen molar-refractivity contribution < 1.29 is 28.7 Å². The van der Waals surface area contributed by atoms with E-state index in [-0.39, 0.29) is 29.5 Å². The van der Waals surface area contributed by atoms with Crippen LogP contribution in [0.3, 0.4) is 0 Å². The molecule has 76 heavy (non-hydrogen) atoms. The second-order valence-corrected chi connectivity index (χ2v) is 23.0. The molecule has 2 saturated heterocycles. The van der Waals surface area contributed by atoms with Crippen LogP contribution < -0.4 is 25.2 Å². The number of hydrogen-bond acceptors (Lipinski definition) is 13. The van der Waals surface area contributed by atoms with Crippen molar-refractivity contribution >= 4 is 72.8 Å². The normalized spacial score (nSPS) is 19.4. The van der Waals surface area contributed by atoms with Crippen LogP contribution in [-0.4, -0.2) is 99.3 Å².